The molecule has 0 spiro atoms. The Labute approximate surface area is 171 Å². The highest BCUT2D eigenvalue weighted by Gasteiger charge is 2.19. The predicted octanol–water partition coefficient (Wildman–Crippen LogP) is 3.18. The van der Waals surface area contributed by atoms with Gasteiger partial charge in [0.25, 0.3) is 5.22 Å². The molecule has 150 valence electrons. The van der Waals surface area contributed by atoms with Crippen molar-refractivity contribution in [2.45, 2.75) is 18.6 Å². The van der Waals surface area contributed by atoms with E-state index >= 15 is 0 Å². The quantitative estimate of drug-likeness (QED) is 0.568. The Morgan fingerprint density at radius 1 is 1.14 bits per heavy atom. The number of thioether (sulfide) groups is 1. The topological polar surface area (TPSA) is 102 Å². The molecule has 0 saturated heterocycles. The molecule has 1 aromatic heterocycles. The summed E-state index contributed by atoms with van der Waals surface area (Å²) in [5.41, 5.74) is 7.50. The molecule has 0 fully saturated rings. The third kappa shape index (κ3) is 5.41. The normalized spacial score (nSPS) is 10.7. The first-order valence-electron chi connectivity index (χ1n) is 8.80. The highest BCUT2D eigenvalue weighted by atomic mass is 32.2. The molecule has 0 saturated carbocycles. The van der Waals surface area contributed by atoms with Gasteiger partial charge in [-0.3, -0.25) is 9.59 Å². The molecule has 0 aliphatic rings. The number of hydrogen-bond acceptors (Lipinski definition) is 6. The minimum Gasteiger partial charge on any atom is -0.411 e. The van der Waals surface area contributed by atoms with Gasteiger partial charge in [0.15, 0.2) is 0 Å². The van der Waals surface area contributed by atoms with Gasteiger partial charge in [0.05, 0.1) is 5.75 Å². The van der Waals surface area contributed by atoms with Gasteiger partial charge >= 0.3 is 0 Å². The van der Waals surface area contributed by atoms with Gasteiger partial charge in [-0.25, -0.2) is 4.39 Å². The summed E-state index contributed by atoms with van der Waals surface area (Å²) in [6.07, 6.45) is -0.00816. The van der Waals surface area contributed by atoms with Crippen molar-refractivity contribution >= 4 is 29.3 Å². The lowest BCUT2D eigenvalue weighted by atomic mass is 10.1. The zero-order chi connectivity index (χ0) is 20.8. The monoisotopic (exact) mass is 414 g/mol. The van der Waals surface area contributed by atoms with E-state index in [1.54, 1.807) is 0 Å². The summed E-state index contributed by atoms with van der Waals surface area (Å²) >= 11 is 1.09. The van der Waals surface area contributed by atoms with Gasteiger partial charge in [0.1, 0.15) is 5.82 Å². The van der Waals surface area contributed by atoms with Crippen LogP contribution in [0, 0.1) is 12.7 Å². The first-order chi connectivity index (χ1) is 13.9. The van der Waals surface area contributed by atoms with Crippen LogP contribution in [0.2, 0.25) is 0 Å². The molecule has 3 aromatic rings. The fourth-order valence-corrected chi connectivity index (χ4v) is 3.27. The number of amides is 2. The molecule has 0 bridgehead atoms. The molecule has 0 aliphatic heterocycles. The van der Waals surface area contributed by atoms with Crippen LogP contribution in [0.15, 0.2) is 58.2 Å². The van der Waals surface area contributed by atoms with Crippen LogP contribution in [0.5, 0.6) is 0 Å². The fraction of sp³-hybridized carbons (Fsp3) is 0.200. The minimum absolute atomic E-state index is 0.00550. The first-order valence-corrected chi connectivity index (χ1v) is 9.79. The van der Waals surface area contributed by atoms with Crippen LogP contribution in [0.1, 0.15) is 12.0 Å². The molecule has 9 heteroatoms. The van der Waals surface area contributed by atoms with E-state index in [0.717, 1.165) is 22.9 Å². The number of anilines is 1. The number of primary amides is 1. The molecule has 1 heterocycles. The van der Waals surface area contributed by atoms with E-state index in [1.165, 1.54) is 29.2 Å². The maximum absolute atomic E-state index is 13.2. The first kappa shape index (κ1) is 20.5. The van der Waals surface area contributed by atoms with Gasteiger partial charge in [-0.15, -0.1) is 10.2 Å². The smallest absolute Gasteiger partial charge is 0.277 e. The average molecular weight is 414 g/mol. The number of nitrogens with two attached hydrogens (primary N) is 1. The minimum atomic E-state index is -0.530. The van der Waals surface area contributed by atoms with Crippen LogP contribution in [-0.4, -0.2) is 34.3 Å². The molecule has 0 atom stereocenters. The molecule has 2 aromatic carbocycles. The van der Waals surface area contributed by atoms with Crippen LogP contribution in [0.4, 0.5) is 10.1 Å². The predicted molar refractivity (Wildman–Crippen MR) is 108 cm³/mol. The second-order valence-electron chi connectivity index (χ2n) is 6.21. The molecule has 3 rings (SSSR count). The van der Waals surface area contributed by atoms with Crippen molar-refractivity contribution in [1.29, 1.82) is 0 Å². The second kappa shape index (κ2) is 9.33. The molecule has 0 radical (unpaired) electrons. The van der Waals surface area contributed by atoms with E-state index < -0.39 is 11.7 Å². The Hall–Kier alpha value is -3.20. The lowest BCUT2D eigenvalue weighted by Crippen LogP contribution is -2.35. The van der Waals surface area contributed by atoms with Gasteiger partial charge in [0, 0.05) is 24.2 Å². The third-order valence-electron chi connectivity index (χ3n) is 4.12. The molecule has 0 unspecified atom stereocenters. The van der Waals surface area contributed by atoms with Gasteiger partial charge < -0.3 is 15.1 Å². The molecule has 0 aliphatic carbocycles. The Balaban J connectivity index is 1.69. The van der Waals surface area contributed by atoms with Crippen molar-refractivity contribution < 1.29 is 18.4 Å². The number of aromatic nitrogens is 2. The highest BCUT2D eigenvalue weighted by Crippen LogP contribution is 2.26. The summed E-state index contributed by atoms with van der Waals surface area (Å²) in [6, 6.07) is 13.1. The van der Waals surface area contributed by atoms with Crippen LogP contribution < -0.4 is 10.6 Å². The summed E-state index contributed by atoms with van der Waals surface area (Å²) in [7, 11) is 0. The van der Waals surface area contributed by atoms with Gasteiger partial charge in [-0.05, 0) is 42.8 Å². The number of benzene rings is 2. The van der Waals surface area contributed by atoms with E-state index in [2.05, 4.69) is 10.2 Å². The number of rotatable bonds is 8. The largest absolute Gasteiger partial charge is 0.411 e. The maximum atomic E-state index is 13.2. The van der Waals surface area contributed by atoms with Crippen molar-refractivity contribution in [3.63, 3.8) is 0 Å². The number of carbonyl (C=O) groups is 2. The maximum Gasteiger partial charge on any atom is 0.277 e. The number of halogens is 1. The molecule has 2 amide bonds. The summed E-state index contributed by atoms with van der Waals surface area (Å²) in [5, 5.41) is 8.26. The number of aryl methyl sites for hydroxylation is 1. The molecule has 2 N–H and O–H groups in total. The van der Waals surface area contributed by atoms with Gasteiger partial charge in [-0.1, -0.05) is 30.0 Å². The standard InChI is InChI=1S/C20H19FN4O3S/c1-13-4-2-3-5-16(13)19-23-24-20(28-19)29-12-18(27)25(11-10-17(22)26)15-8-6-14(21)7-9-15/h2-9H,10-12H2,1H3,(H2,22,26). The van der Waals surface area contributed by atoms with Crippen LogP contribution in [-0.2, 0) is 9.59 Å². The Morgan fingerprint density at radius 2 is 1.86 bits per heavy atom. The summed E-state index contributed by atoms with van der Waals surface area (Å²) in [4.78, 5) is 25.2. The number of nitrogens with zero attached hydrogens (tertiary/aromatic N) is 3. The lowest BCUT2D eigenvalue weighted by Gasteiger charge is -2.22. The summed E-state index contributed by atoms with van der Waals surface area (Å²) in [6.45, 7) is 2.04. The molecular weight excluding hydrogens is 395 g/mol. The lowest BCUT2D eigenvalue weighted by molar-refractivity contribution is -0.118. The second-order valence-corrected chi connectivity index (χ2v) is 7.14. The van der Waals surface area contributed by atoms with Crippen molar-refractivity contribution in [3.8, 4) is 11.5 Å². The van der Waals surface area contributed by atoms with Gasteiger partial charge in [-0.2, -0.15) is 0 Å². The summed E-state index contributed by atoms with van der Waals surface area (Å²) < 4.78 is 18.8. The zero-order valence-corrected chi connectivity index (χ0v) is 16.5. The molecule has 7 nitrogen and oxygen atoms in total. The van der Waals surface area contributed by atoms with Crippen LogP contribution in [0.3, 0.4) is 0 Å². The van der Waals surface area contributed by atoms with Gasteiger partial charge in [0.2, 0.25) is 17.7 Å². The van der Waals surface area contributed by atoms with E-state index in [1.807, 2.05) is 31.2 Å². The van der Waals surface area contributed by atoms with Crippen molar-refractivity contribution in [2.75, 3.05) is 17.2 Å². The van der Waals surface area contributed by atoms with E-state index in [0.29, 0.717) is 11.6 Å². The summed E-state index contributed by atoms with van der Waals surface area (Å²) in [5.74, 6) is -0.857. The van der Waals surface area contributed by atoms with Crippen molar-refractivity contribution in [3.05, 3.63) is 59.9 Å². The SMILES string of the molecule is Cc1ccccc1-c1nnc(SCC(=O)N(CCC(N)=O)c2ccc(F)cc2)o1. The zero-order valence-electron chi connectivity index (χ0n) is 15.7. The third-order valence-corrected chi connectivity index (χ3v) is 4.93. The Morgan fingerprint density at radius 3 is 2.55 bits per heavy atom. The molecule has 29 heavy (non-hydrogen) atoms. The van der Waals surface area contributed by atoms with Crippen LogP contribution >= 0.6 is 11.8 Å². The average Bonchev–Trinajstić information content (AvgIpc) is 3.17. The highest BCUT2D eigenvalue weighted by molar-refractivity contribution is 7.99. The Bertz CT molecular complexity index is 1010. The number of carbonyl (C=O) groups excluding carboxylic acids is 2. The Kier molecular flexibility index (Phi) is 6.61. The van der Waals surface area contributed by atoms with Crippen LogP contribution in [0.25, 0.3) is 11.5 Å². The fourth-order valence-electron chi connectivity index (χ4n) is 2.63. The number of hydrogen-bond donors (Lipinski definition) is 1. The van der Waals surface area contributed by atoms with Crippen molar-refractivity contribution in [1.82, 2.24) is 10.2 Å². The van der Waals surface area contributed by atoms with E-state index in [-0.39, 0.29) is 29.8 Å². The van der Waals surface area contributed by atoms with E-state index in [9.17, 15) is 14.0 Å². The molecular formula is C20H19FN4O3S. The van der Waals surface area contributed by atoms with Crippen molar-refractivity contribution in [2.24, 2.45) is 5.73 Å². The van der Waals surface area contributed by atoms with E-state index in [4.69, 9.17) is 10.2 Å².